The zero-order chi connectivity index (χ0) is 16.1. The lowest BCUT2D eigenvalue weighted by Crippen LogP contribution is -2.20. The molecule has 2 N–H and O–H groups in total. The topological polar surface area (TPSA) is 67.4 Å². The fourth-order valence-corrected chi connectivity index (χ4v) is 2.46. The molecule has 5 nitrogen and oxygen atoms in total. The van der Waals surface area contributed by atoms with E-state index in [0.29, 0.717) is 19.4 Å². The lowest BCUT2D eigenvalue weighted by Gasteiger charge is -2.17. The Balaban J connectivity index is 1.51. The maximum absolute atomic E-state index is 12.0. The third-order valence-electron chi connectivity index (χ3n) is 3.63. The number of para-hydroxylation sites is 1. The number of rotatable bonds is 5. The van der Waals surface area contributed by atoms with Crippen molar-refractivity contribution >= 4 is 23.2 Å². The van der Waals surface area contributed by atoms with Gasteiger partial charge in [0.25, 0.3) is 0 Å². The van der Waals surface area contributed by atoms with Crippen LogP contribution < -0.4 is 15.4 Å². The highest BCUT2D eigenvalue weighted by Crippen LogP contribution is 2.25. The van der Waals surface area contributed by atoms with Crippen molar-refractivity contribution in [3.8, 4) is 5.75 Å². The van der Waals surface area contributed by atoms with Crippen LogP contribution in [0, 0.1) is 0 Å². The predicted molar refractivity (Wildman–Crippen MR) is 88.6 cm³/mol. The summed E-state index contributed by atoms with van der Waals surface area (Å²) in [7, 11) is 0. The van der Waals surface area contributed by atoms with Gasteiger partial charge in [-0.25, -0.2) is 0 Å². The van der Waals surface area contributed by atoms with Crippen LogP contribution in [0.3, 0.4) is 0 Å². The van der Waals surface area contributed by atoms with Gasteiger partial charge < -0.3 is 15.4 Å². The van der Waals surface area contributed by atoms with Crippen LogP contribution in [0.4, 0.5) is 11.4 Å². The number of carbonyl (C=O) groups excluding carboxylic acids is 2. The van der Waals surface area contributed by atoms with E-state index in [-0.39, 0.29) is 18.2 Å². The summed E-state index contributed by atoms with van der Waals surface area (Å²) in [5.41, 5.74) is 2.61. The van der Waals surface area contributed by atoms with Crippen molar-refractivity contribution in [1.82, 2.24) is 0 Å². The molecule has 5 heteroatoms. The molecule has 0 saturated heterocycles. The maximum Gasteiger partial charge on any atom is 0.227 e. The van der Waals surface area contributed by atoms with Gasteiger partial charge in [-0.3, -0.25) is 9.59 Å². The Kier molecular flexibility index (Phi) is 4.57. The zero-order valence-electron chi connectivity index (χ0n) is 12.7. The third-order valence-corrected chi connectivity index (χ3v) is 3.63. The summed E-state index contributed by atoms with van der Waals surface area (Å²) in [5.74, 6) is 0.692. The first kappa shape index (κ1) is 15.1. The van der Waals surface area contributed by atoms with E-state index < -0.39 is 0 Å². The van der Waals surface area contributed by atoms with Gasteiger partial charge in [0.2, 0.25) is 11.8 Å². The van der Waals surface area contributed by atoms with Crippen LogP contribution in [0.1, 0.15) is 18.4 Å². The molecule has 3 rings (SSSR count). The summed E-state index contributed by atoms with van der Waals surface area (Å²) < 4.78 is 5.51. The highest BCUT2D eigenvalue weighted by molar-refractivity contribution is 5.95. The minimum absolute atomic E-state index is 0.0346. The Labute approximate surface area is 134 Å². The SMILES string of the molecule is O=C(CCOc1ccccc1)Nc1ccc2c(c1)CCC(=O)N2. The van der Waals surface area contributed by atoms with Crippen LogP contribution in [-0.4, -0.2) is 18.4 Å². The van der Waals surface area contributed by atoms with Crippen molar-refractivity contribution in [3.63, 3.8) is 0 Å². The van der Waals surface area contributed by atoms with Crippen molar-refractivity contribution < 1.29 is 14.3 Å². The minimum atomic E-state index is -0.0965. The number of anilines is 2. The van der Waals surface area contributed by atoms with Crippen LogP contribution in [0.2, 0.25) is 0 Å². The molecular weight excluding hydrogens is 292 g/mol. The molecule has 0 radical (unpaired) electrons. The Morgan fingerprint density at radius 1 is 1.13 bits per heavy atom. The average molecular weight is 310 g/mol. The fraction of sp³-hybridized carbons (Fsp3) is 0.222. The quantitative estimate of drug-likeness (QED) is 0.892. The summed E-state index contributed by atoms with van der Waals surface area (Å²) in [6.07, 6.45) is 1.46. The van der Waals surface area contributed by atoms with Crippen LogP contribution in [-0.2, 0) is 16.0 Å². The summed E-state index contributed by atoms with van der Waals surface area (Å²) in [6.45, 7) is 0.330. The molecule has 2 amide bonds. The number of ether oxygens (including phenoxy) is 1. The van der Waals surface area contributed by atoms with Gasteiger partial charge >= 0.3 is 0 Å². The van der Waals surface area contributed by atoms with E-state index >= 15 is 0 Å². The molecule has 0 aliphatic carbocycles. The molecule has 0 aromatic heterocycles. The third kappa shape index (κ3) is 4.10. The molecule has 0 saturated carbocycles. The first-order valence-electron chi connectivity index (χ1n) is 7.61. The number of hydrogen-bond donors (Lipinski definition) is 2. The van der Waals surface area contributed by atoms with E-state index in [1.807, 2.05) is 42.5 Å². The van der Waals surface area contributed by atoms with Crippen LogP contribution in [0.15, 0.2) is 48.5 Å². The van der Waals surface area contributed by atoms with Crippen LogP contribution in [0.5, 0.6) is 5.75 Å². The van der Waals surface area contributed by atoms with Crippen molar-refractivity contribution in [2.45, 2.75) is 19.3 Å². The smallest absolute Gasteiger partial charge is 0.227 e. The van der Waals surface area contributed by atoms with E-state index in [9.17, 15) is 9.59 Å². The minimum Gasteiger partial charge on any atom is -0.493 e. The van der Waals surface area contributed by atoms with Gasteiger partial charge in [0.15, 0.2) is 0 Å². The van der Waals surface area contributed by atoms with Gasteiger partial charge in [-0.2, -0.15) is 0 Å². The molecule has 0 fully saturated rings. The highest BCUT2D eigenvalue weighted by atomic mass is 16.5. The van der Waals surface area contributed by atoms with E-state index in [0.717, 1.165) is 22.7 Å². The predicted octanol–water partition coefficient (Wildman–Crippen LogP) is 2.98. The van der Waals surface area contributed by atoms with E-state index in [2.05, 4.69) is 10.6 Å². The number of hydrogen-bond acceptors (Lipinski definition) is 3. The molecule has 1 aliphatic heterocycles. The Hall–Kier alpha value is -2.82. The molecule has 118 valence electrons. The van der Waals surface area contributed by atoms with Gasteiger partial charge in [-0.15, -0.1) is 0 Å². The molecule has 1 aliphatic rings. The maximum atomic E-state index is 12.0. The summed E-state index contributed by atoms with van der Waals surface area (Å²) in [4.78, 5) is 23.3. The zero-order valence-corrected chi connectivity index (χ0v) is 12.7. The second kappa shape index (κ2) is 6.96. The number of aryl methyl sites for hydroxylation is 1. The van der Waals surface area contributed by atoms with Crippen LogP contribution >= 0.6 is 0 Å². The number of fused-ring (bicyclic) bond motifs is 1. The second-order valence-electron chi connectivity index (χ2n) is 5.38. The molecule has 0 atom stereocenters. The summed E-state index contributed by atoms with van der Waals surface area (Å²) in [5, 5.41) is 5.68. The Bertz CT molecular complexity index is 713. The summed E-state index contributed by atoms with van der Waals surface area (Å²) in [6, 6.07) is 14.9. The van der Waals surface area contributed by atoms with E-state index in [4.69, 9.17) is 4.74 Å². The molecule has 0 spiro atoms. The molecule has 1 heterocycles. The largest absolute Gasteiger partial charge is 0.493 e. The average Bonchev–Trinajstić information content (AvgIpc) is 2.56. The lowest BCUT2D eigenvalue weighted by molar-refractivity contribution is -0.117. The van der Waals surface area contributed by atoms with Crippen molar-refractivity contribution in [1.29, 1.82) is 0 Å². The standard InChI is InChI=1S/C18H18N2O3/c21-17-9-6-13-12-14(7-8-16(13)20-17)19-18(22)10-11-23-15-4-2-1-3-5-15/h1-5,7-8,12H,6,9-11H2,(H,19,22)(H,20,21). The monoisotopic (exact) mass is 310 g/mol. The van der Waals surface area contributed by atoms with Crippen molar-refractivity contribution in [2.75, 3.05) is 17.2 Å². The van der Waals surface area contributed by atoms with Crippen molar-refractivity contribution in [2.24, 2.45) is 0 Å². The van der Waals surface area contributed by atoms with Gasteiger partial charge in [0.05, 0.1) is 13.0 Å². The molecule has 2 aromatic rings. The number of benzene rings is 2. The Morgan fingerprint density at radius 2 is 1.96 bits per heavy atom. The van der Waals surface area contributed by atoms with Crippen molar-refractivity contribution in [3.05, 3.63) is 54.1 Å². The molecule has 0 unspecified atom stereocenters. The van der Waals surface area contributed by atoms with Gasteiger partial charge in [-0.1, -0.05) is 18.2 Å². The first-order valence-corrected chi connectivity index (χ1v) is 7.61. The summed E-state index contributed by atoms with van der Waals surface area (Å²) >= 11 is 0. The van der Waals surface area contributed by atoms with Gasteiger partial charge in [0, 0.05) is 17.8 Å². The molecule has 0 bridgehead atoms. The Morgan fingerprint density at radius 3 is 2.78 bits per heavy atom. The fourth-order valence-electron chi connectivity index (χ4n) is 2.46. The van der Waals surface area contributed by atoms with Crippen LogP contribution in [0.25, 0.3) is 0 Å². The molecule has 2 aromatic carbocycles. The molecular formula is C18H18N2O3. The van der Waals surface area contributed by atoms with Gasteiger partial charge in [0.1, 0.15) is 5.75 Å². The number of carbonyl (C=O) groups is 2. The first-order chi connectivity index (χ1) is 11.2. The second-order valence-corrected chi connectivity index (χ2v) is 5.38. The number of amides is 2. The highest BCUT2D eigenvalue weighted by Gasteiger charge is 2.15. The van der Waals surface area contributed by atoms with E-state index in [1.54, 1.807) is 6.07 Å². The molecule has 23 heavy (non-hydrogen) atoms. The van der Waals surface area contributed by atoms with Gasteiger partial charge in [-0.05, 0) is 42.3 Å². The van der Waals surface area contributed by atoms with E-state index in [1.165, 1.54) is 0 Å². The lowest BCUT2D eigenvalue weighted by atomic mass is 10.0. The normalized spacial score (nSPS) is 13.0. The number of nitrogens with one attached hydrogen (secondary N) is 2.